The first kappa shape index (κ1) is 15.2. The molecule has 4 rings (SSSR count). The van der Waals surface area contributed by atoms with Gasteiger partial charge in [0.25, 0.3) is 0 Å². The van der Waals surface area contributed by atoms with Crippen molar-refractivity contribution in [2.75, 3.05) is 6.61 Å². The zero-order valence-corrected chi connectivity index (χ0v) is 14.7. The van der Waals surface area contributed by atoms with Gasteiger partial charge in [-0.05, 0) is 74.5 Å². The van der Waals surface area contributed by atoms with E-state index in [1.54, 1.807) is 11.1 Å². The molecule has 0 aromatic rings. The molecule has 0 radical (unpaired) electrons. The Morgan fingerprint density at radius 1 is 1.09 bits per heavy atom. The molecule has 1 N–H and O–H groups in total. The largest absolute Gasteiger partial charge is 0.384 e. The van der Waals surface area contributed by atoms with Gasteiger partial charge in [-0.1, -0.05) is 31.9 Å². The van der Waals surface area contributed by atoms with Crippen LogP contribution in [0.5, 0.6) is 0 Å². The third-order valence-corrected chi connectivity index (χ3v) is 8.14. The van der Waals surface area contributed by atoms with Crippen LogP contribution in [0.4, 0.5) is 0 Å². The van der Waals surface area contributed by atoms with Crippen molar-refractivity contribution in [3.05, 3.63) is 11.1 Å². The molecule has 0 aromatic heterocycles. The van der Waals surface area contributed by atoms with E-state index < -0.39 is 5.60 Å². The Morgan fingerprint density at radius 2 is 1.86 bits per heavy atom. The fourth-order valence-electron chi connectivity index (χ4n) is 6.40. The molecule has 0 spiro atoms. The van der Waals surface area contributed by atoms with Gasteiger partial charge in [0.15, 0.2) is 0 Å². The number of ether oxygens (including phenoxy) is 1. The van der Waals surface area contributed by atoms with E-state index in [-0.39, 0.29) is 6.10 Å². The van der Waals surface area contributed by atoms with Gasteiger partial charge in [-0.2, -0.15) is 0 Å². The number of fused-ring (bicyclic) bond motifs is 5. The van der Waals surface area contributed by atoms with E-state index in [9.17, 15) is 5.11 Å². The zero-order valence-electron chi connectivity index (χ0n) is 14.7. The van der Waals surface area contributed by atoms with Crippen molar-refractivity contribution < 1.29 is 9.84 Å². The summed E-state index contributed by atoms with van der Waals surface area (Å²) in [5, 5.41) is 11.3. The van der Waals surface area contributed by atoms with Crippen LogP contribution in [-0.2, 0) is 4.74 Å². The van der Waals surface area contributed by atoms with Crippen molar-refractivity contribution in [3.63, 3.8) is 0 Å². The molecule has 4 aliphatic rings. The molecule has 0 amide bonds. The summed E-state index contributed by atoms with van der Waals surface area (Å²) in [4.78, 5) is 0. The lowest BCUT2D eigenvalue weighted by Gasteiger charge is -2.62. The lowest BCUT2D eigenvalue weighted by molar-refractivity contribution is -0.304. The number of hydrogen-bond donors (Lipinski definition) is 1. The number of rotatable bonds is 0. The lowest BCUT2D eigenvalue weighted by atomic mass is 9.49. The van der Waals surface area contributed by atoms with E-state index in [0.717, 1.165) is 12.3 Å². The summed E-state index contributed by atoms with van der Waals surface area (Å²) in [5.74, 6) is 1.15. The van der Waals surface area contributed by atoms with E-state index in [1.807, 2.05) is 0 Å². The average molecular weight is 304 g/mol. The summed E-state index contributed by atoms with van der Waals surface area (Å²) in [5.41, 5.74) is 3.48. The highest BCUT2D eigenvalue weighted by Crippen LogP contribution is 2.61. The Bertz CT molecular complexity index is 520. The van der Waals surface area contributed by atoms with Gasteiger partial charge in [-0.15, -0.1) is 0 Å². The first-order valence-electron chi connectivity index (χ1n) is 9.30. The van der Waals surface area contributed by atoms with Crippen molar-refractivity contribution in [2.24, 2.45) is 22.7 Å². The van der Waals surface area contributed by atoms with Crippen LogP contribution in [0.25, 0.3) is 0 Å². The molecule has 2 heteroatoms. The molecule has 1 aliphatic heterocycles. The van der Waals surface area contributed by atoms with Crippen LogP contribution in [0.2, 0.25) is 0 Å². The lowest BCUT2D eigenvalue weighted by Crippen LogP contribution is -2.69. The normalized spacial score (nSPS) is 50.3. The van der Waals surface area contributed by atoms with E-state index in [1.165, 1.54) is 38.5 Å². The highest BCUT2D eigenvalue weighted by Gasteiger charge is 2.62. The molecule has 2 saturated carbocycles. The second-order valence-corrected chi connectivity index (χ2v) is 9.49. The van der Waals surface area contributed by atoms with Crippen molar-refractivity contribution >= 4 is 0 Å². The summed E-state index contributed by atoms with van der Waals surface area (Å²) >= 11 is 0. The van der Waals surface area contributed by atoms with Crippen LogP contribution in [-0.4, -0.2) is 23.4 Å². The third-order valence-electron chi connectivity index (χ3n) is 8.14. The summed E-state index contributed by atoms with van der Waals surface area (Å²) < 4.78 is 5.72. The standard InChI is InChI=1S/C20H32O2/c1-13-5-6-14-11-16-19(4,9-7-15(13)18(14,2)3)10-8-17-20(16,21)12-22-17/h14,16-17,21H,5-12H2,1-4H3/t14-,16-,17?,19+,20+/m0/s1. The quantitative estimate of drug-likeness (QED) is 0.669. The minimum atomic E-state index is -0.531. The minimum Gasteiger partial charge on any atom is -0.384 e. The number of hydrogen-bond acceptors (Lipinski definition) is 2. The van der Waals surface area contributed by atoms with Gasteiger partial charge in [-0.3, -0.25) is 0 Å². The van der Waals surface area contributed by atoms with Crippen LogP contribution in [0.15, 0.2) is 11.1 Å². The molecule has 0 aromatic carbocycles. The van der Waals surface area contributed by atoms with Gasteiger partial charge in [0.2, 0.25) is 0 Å². The first-order chi connectivity index (χ1) is 10.3. The average Bonchev–Trinajstić information content (AvgIpc) is 2.42. The van der Waals surface area contributed by atoms with Crippen molar-refractivity contribution in [2.45, 2.75) is 84.3 Å². The SMILES string of the molecule is CC1=C2CC[C@]3(C)CCC4OC[C@@]4(O)[C@H]3C[C@H](CC1)C2(C)C. The highest BCUT2D eigenvalue weighted by atomic mass is 16.6. The van der Waals surface area contributed by atoms with Gasteiger partial charge in [-0.25, -0.2) is 0 Å². The monoisotopic (exact) mass is 304 g/mol. The van der Waals surface area contributed by atoms with Crippen molar-refractivity contribution in [3.8, 4) is 0 Å². The van der Waals surface area contributed by atoms with Gasteiger partial charge >= 0.3 is 0 Å². The maximum Gasteiger partial charge on any atom is 0.117 e. The fourth-order valence-corrected chi connectivity index (χ4v) is 6.40. The second-order valence-electron chi connectivity index (χ2n) is 9.49. The topological polar surface area (TPSA) is 29.5 Å². The van der Waals surface area contributed by atoms with E-state index >= 15 is 0 Å². The van der Waals surface area contributed by atoms with E-state index in [4.69, 9.17) is 4.74 Å². The van der Waals surface area contributed by atoms with Crippen molar-refractivity contribution in [1.82, 2.24) is 0 Å². The molecular formula is C20H32O2. The molecular weight excluding hydrogens is 272 g/mol. The molecule has 5 atom stereocenters. The Kier molecular flexibility index (Phi) is 3.18. The summed E-state index contributed by atoms with van der Waals surface area (Å²) in [6.07, 6.45) is 8.64. The Morgan fingerprint density at radius 3 is 2.55 bits per heavy atom. The highest BCUT2D eigenvalue weighted by molar-refractivity contribution is 5.26. The smallest absolute Gasteiger partial charge is 0.117 e. The Labute approximate surface area is 135 Å². The maximum atomic E-state index is 11.3. The van der Waals surface area contributed by atoms with Crippen LogP contribution in [0.3, 0.4) is 0 Å². The Hall–Kier alpha value is -0.340. The van der Waals surface area contributed by atoms with Gasteiger partial charge < -0.3 is 9.84 Å². The second kappa shape index (κ2) is 4.60. The zero-order chi connectivity index (χ0) is 15.8. The Balaban J connectivity index is 1.74. The third kappa shape index (κ3) is 1.86. The minimum absolute atomic E-state index is 0.119. The van der Waals surface area contributed by atoms with E-state index in [0.29, 0.717) is 23.4 Å². The number of allylic oxidation sites excluding steroid dienone is 2. The maximum absolute atomic E-state index is 11.3. The van der Waals surface area contributed by atoms with Crippen LogP contribution in [0.1, 0.15) is 72.6 Å². The molecule has 3 fully saturated rings. The molecule has 1 unspecified atom stereocenters. The molecule has 124 valence electrons. The van der Waals surface area contributed by atoms with Gasteiger partial charge in [0, 0.05) is 0 Å². The van der Waals surface area contributed by atoms with Crippen LogP contribution >= 0.6 is 0 Å². The molecule has 3 aliphatic carbocycles. The van der Waals surface area contributed by atoms with Crippen LogP contribution < -0.4 is 0 Å². The molecule has 2 nitrogen and oxygen atoms in total. The molecule has 22 heavy (non-hydrogen) atoms. The van der Waals surface area contributed by atoms with Crippen molar-refractivity contribution in [1.29, 1.82) is 0 Å². The van der Waals surface area contributed by atoms with Gasteiger partial charge in [0.1, 0.15) is 5.60 Å². The predicted octanol–water partition coefficient (Wildman–Crippen LogP) is 4.47. The molecule has 1 heterocycles. The summed E-state index contributed by atoms with van der Waals surface area (Å²) in [6, 6.07) is 0. The molecule has 2 bridgehead atoms. The first-order valence-corrected chi connectivity index (χ1v) is 9.30. The summed E-state index contributed by atoms with van der Waals surface area (Å²) in [6.45, 7) is 10.3. The number of aliphatic hydroxyl groups is 1. The molecule has 1 saturated heterocycles. The summed E-state index contributed by atoms with van der Waals surface area (Å²) in [7, 11) is 0. The predicted molar refractivity (Wildman–Crippen MR) is 88.6 cm³/mol. The fraction of sp³-hybridized carbons (Fsp3) is 0.900. The van der Waals surface area contributed by atoms with Gasteiger partial charge in [0.05, 0.1) is 12.7 Å². The van der Waals surface area contributed by atoms with Crippen LogP contribution in [0, 0.1) is 22.7 Å². The van der Waals surface area contributed by atoms with E-state index in [2.05, 4.69) is 27.7 Å².